The summed E-state index contributed by atoms with van der Waals surface area (Å²) in [6.45, 7) is 5.26. The summed E-state index contributed by atoms with van der Waals surface area (Å²) >= 11 is 0. The highest BCUT2D eigenvalue weighted by Gasteiger charge is 2.40. The van der Waals surface area contributed by atoms with Crippen molar-refractivity contribution in [2.75, 3.05) is 13.1 Å². The smallest absolute Gasteiger partial charge is 0.105 e. The number of fused-ring (bicyclic) bond motifs is 1. The zero-order chi connectivity index (χ0) is 19.8. The van der Waals surface area contributed by atoms with Crippen LogP contribution >= 0.6 is 0 Å². The number of nitrogens with one attached hydrogen (secondary N) is 2. The number of benzene rings is 2. The number of aromatic nitrogens is 2. The van der Waals surface area contributed by atoms with Gasteiger partial charge in [0, 0.05) is 44.8 Å². The lowest BCUT2D eigenvalue weighted by Gasteiger charge is -2.36. The van der Waals surface area contributed by atoms with Crippen LogP contribution < -0.4 is 10.9 Å². The van der Waals surface area contributed by atoms with E-state index in [-0.39, 0.29) is 0 Å². The molecule has 3 atom stereocenters. The molecule has 2 fully saturated rings. The molecule has 5 nitrogen and oxygen atoms in total. The Morgan fingerprint density at radius 1 is 1.00 bits per heavy atom. The van der Waals surface area contributed by atoms with E-state index in [0.29, 0.717) is 18.0 Å². The van der Waals surface area contributed by atoms with Gasteiger partial charge >= 0.3 is 0 Å². The molecule has 3 heterocycles. The van der Waals surface area contributed by atoms with Crippen molar-refractivity contribution in [2.24, 2.45) is 13.0 Å². The van der Waals surface area contributed by atoms with Gasteiger partial charge in [0.15, 0.2) is 0 Å². The summed E-state index contributed by atoms with van der Waals surface area (Å²) in [5, 5.41) is 0. The zero-order valence-electron chi connectivity index (χ0n) is 17.2. The summed E-state index contributed by atoms with van der Waals surface area (Å²) in [4.78, 5) is 7.04. The predicted octanol–water partition coefficient (Wildman–Crippen LogP) is 3.44. The summed E-state index contributed by atoms with van der Waals surface area (Å²) in [7, 11) is 2.11. The second-order valence-corrected chi connectivity index (χ2v) is 8.40. The van der Waals surface area contributed by atoms with Gasteiger partial charge in [0.2, 0.25) is 0 Å². The third-order valence-corrected chi connectivity index (χ3v) is 6.67. The van der Waals surface area contributed by atoms with Gasteiger partial charge in [-0.1, -0.05) is 54.6 Å². The van der Waals surface area contributed by atoms with E-state index in [0.717, 1.165) is 25.5 Å². The van der Waals surface area contributed by atoms with Crippen molar-refractivity contribution in [1.82, 2.24) is 25.3 Å². The SMILES string of the molecule is Cc1ncc(CN2CCC3NNC(c4ccc(-c5ccccc5)cc4)C3C2)n1C. The quantitative estimate of drug-likeness (QED) is 0.720. The molecule has 29 heavy (non-hydrogen) atoms. The van der Waals surface area contributed by atoms with E-state index in [9.17, 15) is 0 Å². The van der Waals surface area contributed by atoms with Crippen LogP contribution in [-0.2, 0) is 13.6 Å². The maximum absolute atomic E-state index is 4.46. The van der Waals surface area contributed by atoms with Crippen molar-refractivity contribution in [3.63, 3.8) is 0 Å². The Morgan fingerprint density at radius 2 is 1.76 bits per heavy atom. The van der Waals surface area contributed by atoms with Crippen LogP contribution in [0, 0.1) is 12.8 Å². The Morgan fingerprint density at radius 3 is 2.48 bits per heavy atom. The zero-order valence-corrected chi connectivity index (χ0v) is 17.2. The first kappa shape index (κ1) is 18.6. The van der Waals surface area contributed by atoms with Crippen LogP contribution in [-0.4, -0.2) is 33.6 Å². The van der Waals surface area contributed by atoms with Crippen LogP contribution in [0.15, 0.2) is 60.8 Å². The van der Waals surface area contributed by atoms with E-state index in [1.165, 1.54) is 28.8 Å². The Kier molecular flexibility index (Phi) is 4.96. The summed E-state index contributed by atoms with van der Waals surface area (Å²) in [6, 6.07) is 20.5. The summed E-state index contributed by atoms with van der Waals surface area (Å²) in [5.74, 6) is 1.65. The summed E-state index contributed by atoms with van der Waals surface area (Å²) in [5.41, 5.74) is 12.3. The molecule has 2 saturated heterocycles. The number of hydrogen-bond donors (Lipinski definition) is 2. The molecule has 2 N–H and O–H groups in total. The molecule has 2 aliphatic rings. The number of rotatable bonds is 4. The molecule has 0 bridgehead atoms. The minimum atomic E-state index is 0.348. The fraction of sp³-hybridized carbons (Fsp3) is 0.375. The predicted molar refractivity (Wildman–Crippen MR) is 116 cm³/mol. The van der Waals surface area contributed by atoms with Gasteiger partial charge in [-0.3, -0.25) is 10.3 Å². The maximum Gasteiger partial charge on any atom is 0.105 e. The number of piperidine rings is 1. The van der Waals surface area contributed by atoms with E-state index in [1.54, 1.807) is 0 Å². The van der Waals surface area contributed by atoms with E-state index < -0.39 is 0 Å². The van der Waals surface area contributed by atoms with Gasteiger partial charge in [-0.2, -0.15) is 0 Å². The standard InChI is InChI=1S/C24H29N5/c1-17-25-14-21(28(17)2)15-29-13-12-23-22(16-29)24(27-26-23)20-10-8-19(9-11-20)18-6-4-3-5-7-18/h3-11,14,22-24,26-27H,12-13,15-16H2,1-2H3. The largest absolute Gasteiger partial charge is 0.334 e. The first-order valence-corrected chi connectivity index (χ1v) is 10.5. The Bertz CT molecular complexity index is 963. The molecule has 0 saturated carbocycles. The molecule has 5 heteroatoms. The lowest BCUT2D eigenvalue weighted by molar-refractivity contribution is 0.145. The van der Waals surface area contributed by atoms with Gasteiger partial charge in [0.25, 0.3) is 0 Å². The molecule has 5 rings (SSSR count). The van der Waals surface area contributed by atoms with Crippen LogP contribution in [0.3, 0.4) is 0 Å². The van der Waals surface area contributed by atoms with Crippen molar-refractivity contribution in [1.29, 1.82) is 0 Å². The van der Waals surface area contributed by atoms with Gasteiger partial charge in [-0.05, 0) is 30.0 Å². The second kappa shape index (κ2) is 7.75. The number of hydrogen-bond acceptors (Lipinski definition) is 4. The molecular formula is C24H29N5. The molecule has 0 amide bonds. The van der Waals surface area contributed by atoms with Crippen molar-refractivity contribution in [2.45, 2.75) is 32.0 Å². The fourth-order valence-corrected chi connectivity index (χ4v) is 4.79. The third kappa shape index (κ3) is 3.62. The lowest BCUT2D eigenvalue weighted by atomic mass is 9.84. The third-order valence-electron chi connectivity index (χ3n) is 6.67. The van der Waals surface area contributed by atoms with Crippen molar-refractivity contribution in [3.05, 3.63) is 77.9 Å². The summed E-state index contributed by atoms with van der Waals surface area (Å²) in [6.07, 6.45) is 3.19. The fourth-order valence-electron chi connectivity index (χ4n) is 4.79. The first-order chi connectivity index (χ1) is 14.2. The highest BCUT2D eigenvalue weighted by Crippen LogP contribution is 2.35. The molecule has 0 radical (unpaired) electrons. The maximum atomic E-state index is 4.46. The number of nitrogens with zero attached hydrogens (tertiary/aromatic N) is 3. The Balaban J connectivity index is 1.31. The average Bonchev–Trinajstić information content (AvgIpc) is 3.33. The van der Waals surface area contributed by atoms with Crippen LogP contribution in [0.1, 0.15) is 29.5 Å². The number of likely N-dealkylation sites (tertiary alicyclic amines) is 1. The topological polar surface area (TPSA) is 45.1 Å². The van der Waals surface area contributed by atoms with Crippen molar-refractivity contribution >= 4 is 0 Å². The van der Waals surface area contributed by atoms with Gasteiger partial charge in [0.05, 0.1) is 11.7 Å². The molecule has 3 unspecified atom stereocenters. The highest BCUT2D eigenvalue weighted by molar-refractivity contribution is 5.63. The first-order valence-electron chi connectivity index (χ1n) is 10.5. The molecule has 1 aromatic heterocycles. The van der Waals surface area contributed by atoms with Crippen LogP contribution in [0.25, 0.3) is 11.1 Å². The minimum Gasteiger partial charge on any atom is -0.334 e. The number of aryl methyl sites for hydroxylation is 1. The second-order valence-electron chi connectivity index (χ2n) is 8.40. The normalized spacial score (nSPS) is 24.6. The highest BCUT2D eigenvalue weighted by atomic mass is 15.4. The number of hydrazine groups is 1. The Labute approximate surface area is 172 Å². The molecule has 3 aromatic rings. The van der Waals surface area contributed by atoms with Crippen LogP contribution in [0.2, 0.25) is 0 Å². The monoisotopic (exact) mass is 387 g/mol. The van der Waals surface area contributed by atoms with E-state index >= 15 is 0 Å². The number of imidazole rings is 1. The van der Waals surface area contributed by atoms with Crippen molar-refractivity contribution in [3.8, 4) is 11.1 Å². The Hall–Kier alpha value is -2.47. The minimum absolute atomic E-state index is 0.348. The molecule has 150 valence electrons. The lowest BCUT2D eigenvalue weighted by Crippen LogP contribution is -2.45. The molecule has 0 spiro atoms. The van der Waals surface area contributed by atoms with E-state index in [4.69, 9.17) is 0 Å². The average molecular weight is 388 g/mol. The molecular weight excluding hydrogens is 358 g/mol. The van der Waals surface area contributed by atoms with Crippen molar-refractivity contribution < 1.29 is 0 Å². The van der Waals surface area contributed by atoms with Gasteiger partial charge in [-0.15, -0.1) is 0 Å². The van der Waals surface area contributed by atoms with Crippen LogP contribution in [0.5, 0.6) is 0 Å². The van der Waals surface area contributed by atoms with E-state index in [2.05, 4.69) is 93.9 Å². The van der Waals surface area contributed by atoms with Crippen LogP contribution in [0.4, 0.5) is 0 Å². The molecule has 2 aromatic carbocycles. The summed E-state index contributed by atoms with van der Waals surface area (Å²) < 4.78 is 2.21. The van der Waals surface area contributed by atoms with Gasteiger partial charge < -0.3 is 4.57 Å². The van der Waals surface area contributed by atoms with Gasteiger partial charge in [0.1, 0.15) is 5.82 Å². The molecule has 2 aliphatic heterocycles. The van der Waals surface area contributed by atoms with E-state index in [1.807, 2.05) is 6.20 Å². The molecule has 0 aliphatic carbocycles. The van der Waals surface area contributed by atoms with Gasteiger partial charge in [-0.25, -0.2) is 10.4 Å².